The minimum Gasteiger partial charge on any atom is -0.363 e. The van der Waals surface area contributed by atoms with Gasteiger partial charge in [-0.05, 0) is 41.3 Å². The standard InChI is InChI=1S/C12H19BrClN3/c1-8(2)5-12(3,7-15)17-11-10(13)4-9(14)6-16-11/h4,6,8H,5,7,15H2,1-3H3,(H,16,17). The number of hydrogen-bond acceptors (Lipinski definition) is 3. The first-order valence-electron chi connectivity index (χ1n) is 5.65. The van der Waals surface area contributed by atoms with Gasteiger partial charge >= 0.3 is 0 Å². The number of nitrogens with one attached hydrogen (secondary N) is 1. The third-order valence-corrected chi connectivity index (χ3v) is 3.35. The van der Waals surface area contributed by atoms with Gasteiger partial charge in [0.05, 0.1) is 9.50 Å². The Kier molecular flexibility index (Phi) is 5.22. The number of nitrogens with two attached hydrogens (primary N) is 1. The van der Waals surface area contributed by atoms with Crippen molar-refractivity contribution < 1.29 is 0 Å². The summed E-state index contributed by atoms with van der Waals surface area (Å²) >= 11 is 9.31. The second-order valence-electron chi connectivity index (χ2n) is 4.97. The number of aromatic nitrogens is 1. The van der Waals surface area contributed by atoms with Crippen molar-refractivity contribution in [1.82, 2.24) is 4.98 Å². The number of pyridine rings is 1. The van der Waals surface area contributed by atoms with Gasteiger partial charge in [-0.25, -0.2) is 4.98 Å². The molecule has 17 heavy (non-hydrogen) atoms. The highest BCUT2D eigenvalue weighted by molar-refractivity contribution is 9.10. The van der Waals surface area contributed by atoms with Crippen molar-refractivity contribution in [2.24, 2.45) is 11.7 Å². The van der Waals surface area contributed by atoms with Crippen molar-refractivity contribution in [3.8, 4) is 0 Å². The second-order valence-corrected chi connectivity index (χ2v) is 6.26. The largest absolute Gasteiger partial charge is 0.363 e. The minimum atomic E-state index is -0.155. The fraction of sp³-hybridized carbons (Fsp3) is 0.583. The molecule has 1 unspecified atom stereocenters. The summed E-state index contributed by atoms with van der Waals surface area (Å²) in [5, 5.41) is 4.00. The van der Waals surface area contributed by atoms with Gasteiger partial charge in [-0.1, -0.05) is 25.4 Å². The molecule has 3 nitrogen and oxygen atoms in total. The molecule has 0 fully saturated rings. The molecule has 0 spiro atoms. The van der Waals surface area contributed by atoms with Crippen LogP contribution in [0.1, 0.15) is 27.2 Å². The quantitative estimate of drug-likeness (QED) is 0.870. The zero-order chi connectivity index (χ0) is 13.1. The molecule has 0 saturated carbocycles. The molecule has 1 aromatic rings. The van der Waals surface area contributed by atoms with E-state index in [-0.39, 0.29) is 5.54 Å². The average molecular weight is 321 g/mol. The summed E-state index contributed by atoms with van der Waals surface area (Å²) in [6.45, 7) is 7.03. The molecule has 1 rings (SSSR count). The second kappa shape index (κ2) is 6.03. The number of nitrogens with zero attached hydrogens (tertiary/aromatic N) is 1. The minimum absolute atomic E-state index is 0.155. The van der Waals surface area contributed by atoms with Crippen LogP contribution in [0.2, 0.25) is 5.02 Å². The fourth-order valence-electron chi connectivity index (χ4n) is 1.88. The molecular formula is C12H19BrClN3. The lowest BCUT2D eigenvalue weighted by Crippen LogP contribution is -2.44. The van der Waals surface area contributed by atoms with Crippen molar-refractivity contribution >= 4 is 33.3 Å². The van der Waals surface area contributed by atoms with Crippen LogP contribution in [-0.4, -0.2) is 17.1 Å². The molecule has 3 N–H and O–H groups in total. The van der Waals surface area contributed by atoms with Crippen molar-refractivity contribution in [2.45, 2.75) is 32.7 Å². The van der Waals surface area contributed by atoms with Crippen molar-refractivity contribution in [2.75, 3.05) is 11.9 Å². The van der Waals surface area contributed by atoms with Crippen LogP contribution in [0.4, 0.5) is 5.82 Å². The molecule has 0 aliphatic carbocycles. The molecule has 0 amide bonds. The molecule has 0 radical (unpaired) electrons. The first kappa shape index (κ1) is 14.7. The van der Waals surface area contributed by atoms with Crippen molar-refractivity contribution in [1.29, 1.82) is 0 Å². The Bertz CT molecular complexity index is 384. The number of rotatable bonds is 5. The van der Waals surface area contributed by atoms with E-state index in [1.54, 1.807) is 6.20 Å². The average Bonchev–Trinajstić information content (AvgIpc) is 2.21. The molecule has 0 saturated heterocycles. The van der Waals surface area contributed by atoms with E-state index in [2.05, 4.69) is 47.0 Å². The normalized spacial score (nSPS) is 14.8. The zero-order valence-corrected chi connectivity index (χ0v) is 12.8. The van der Waals surface area contributed by atoms with Crippen LogP contribution in [0.3, 0.4) is 0 Å². The summed E-state index contributed by atoms with van der Waals surface area (Å²) in [5.41, 5.74) is 5.70. The molecule has 1 aromatic heterocycles. The lowest BCUT2D eigenvalue weighted by molar-refractivity contribution is 0.406. The van der Waals surface area contributed by atoms with E-state index in [9.17, 15) is 0 Å². The summed E-state index contributed by atoms with van der Waals surface area (Å²) in [5.74, 6) is 1.35. The lowest BCUT2D eigenvalue weighted by Gasteiger charge is -2.32. The van der Waals surface area contributed by atoms with E-state index in [4.69, 9.17) is 17.3 Å². The first-order valence-corrected chi connectivity index (χ1v) is 6.83. The molecule has 0 aliphatic rings. The maximum absolute atomic E-state index is 5.86. The van der Waals surface area contributed by atoms with Crippen molar-refractivity contribution in [3.05, 3.63) is 21.8 Å². The number of halogens is 2. The Morgan fingerprint density at radius 3 is 2.71 bits per heavy atom. The van der Waals surface area contributed by atoms with E-state index >= 15 is 0 Å². The Hall–Kier alpha value is -0.320. The molecule has 0 aromatic carbocycles. The zero-order valence-electron chi connectivity index (χ0n) is 10.4. The smallest absolute Gasteiger partial charge is 0.140 e. The van der Waals surface area contributed by atoms with E-state index in [0.29, 0.717) is 17.5 Å². The monoisotopic (exact) mass is 319 g/mol. The van der Waals surface area contributed by atoms with Crippen LogP contribution in [0.25, 0.3) is 0 Å². The van der Waals surface area contributed by atoms with Crippen LogP contribution in [-0.2, 0) is 0 Å². The Labute approximate surface area is 116 Å². The lowest BCUT2D eigenvalue weighted by atomic mass is 9.91. The predicted molar refractivity (Wildman–Crippen MR) is 77.5 cm³/mol. The van der Waals surface area contributed by atoms with Gasteiger partial charge in [0.1, 0.15) is 5.82 Å². The fourth-order valence-corrected chi connectivity index (χ4v) is 2.62. The van der Waals surface area contributed by atoms with E-state index in [0.717, 1.165) is 16.7 Å². The third-order valence-electron chi connectivity index (χ3n) is 2.54. The maximum atomic E-state index is 5.86. The van der Waals surface area contributed by atoms with Gasteiger partial charge in [-0.15, -0.1) is 0 Å². The molecule has 5 heteroatoms. The predicted octanol–water partition coefficient (Wildman–Crippen LogP) is 3.67. The Morgan fingerprint density at radius 2 is 2.24 bits per heavy atom. The van der Waals surface area contributed by atoms with Gasteiger partial charge in [-0.3, -0.25) is 0 Å². The molecule has 0 aliphatic heterocycles. The van der Waals surface area contributed by atoms with E-state index in [1.165, 1.54) is 0 Å². The summed E-state index contributed by atoms with van der Waals surface area (Å²) in [6, 6.07) is 1.82. The molecular weight excluding hydrogens is 302 g/mol. The van der Waals surface area contributed by atoms with Crippen LogP contribution in [0.15, 0.2) is 16.7 Å². The van der Waals surface area contributed by atoms with Crippen LogP contribution >= 0.6 is 27.5 Å². The summed E-state index contributed by atoms with van der Waals surface area (Å²) in [4.78, 5) is 4.27. The Balaban J connectivity index is 2.87. The highest BCUT2D eigenvalue weighted by atomic mass is 79.9. The molecule has 1 atom stereocenters. The van der Waals surface area contributed by atoms with Crippen molar-refractivity contribution in [3.63, 3.8) is 0 Å². The summed E-state index contributed by atoms with van der Waals surface area (Å²) in [7, 11) is 0. The summed E-state index contributed by atoms with van der Waals surface area (Å²) in [6.07, 6.45) is 2.61. The molecule has 96 valence electrons. The number of anilines is 1. The SMILES string of the molecule is CC(C)CC(C)(CN)Nc1ncc(Cl)cc1Br. The van der Waals surface area contributed by atoms with Gasteiger partial charge in [0.15, 0.2) is 0 Å². The third kappa shape index (κ3) is 4.45. The summed E-state index contributed by atoms with van der Waals surface area (Å²) < 4.78 is 0.855. The van der Waals surface area contributed by atoms with Gasteiger partial charge in [-0.2, -0.15) is 0 Å². The van der Waals surface area contributed by atoms with Crippen LogP contribution in [0.5, 0.6) is 0 Å². The molecule has 0 bridgehead atoms. The maximum Gasteiger partial charge on any atom is 0.140 e. The highest BCUT2D eigenvalue weighted by Gasteiger charge is 2.24. The highest BCUT2D eigenvalue weighted by Crippen LogP contribution is 2.27. The topological polar surface area (TPSA) is 50.9 Å². The van der Waals surface area contributed by atoms with E-state index in [1.807, 2.05) is 6.07 Å². The first-order chi connectivity index (χ1) is 7.86. The van der Waals surface area contributed by atoms with Gasteiger partial charge in [0, 0.05) is 18.3 Å². The van der Waals surface area contributed by atoms with Gasteiger partial charge < -0.3 is 11.1 Å². The molecule has 1 heterocycles. The van der Waals surface area contributed by atoms with Crippen LogP contribution < -0.4 is 11.1 Å². The van der Waals surface area contributed by atoms with Crippen LogP contribution in [0, 0.1) is 5.92 Å². The number of hydrogen-bond donors (Lipinski definition) is 2. The Morgan fingerprint density at radius 1 is 1.59 bits per heavy atom. The van der Waals surface area contributed by atoms with Gasteiger partial charge in [0.2, 0.25) is 0 Å². The van der Waals surface area contributed by atoms with Gasteiger partial charge in [0.25, 0.3) is 0 Å². The van der Waals surface area contributed by atoms with E-state index < -0.39 is 0 Å².